The minimum absolute atomic E-state index is 0.103. The maximum Gasteiger partial charge on any atom is 0.340 e. The number of carbonyl (C=O) groups is 3. The lowest BCUT2D eigenvalue weighted by atomic mass is 10.2. The molecular weight excluding hydrogens is 406 g/mol. The fourth-order valence-corrected chi connectivity index (χ4v) is 3.61. The van der Waals surface area contributed by atoms with E-state index in [1.54, 1.807) is 6.20 Å². The predicted molar refractivity (Wildman–Crippen MR) is 125 cm³/mol. The van der Waals surface area contributed by atoms with Crippen molar-refractivity contribution < 1.29 is 19.1 Å². The van der Waals surface area contributed by atoms with E-state index in [0.29, 0.717) is 30.8 Å². The number of nitrogens with one attached hydrogen (secondary N) is 1. The molecule has 7 heteroatoms. The summed E-state index contributed by atoms with van der Waals surface area (Å²) < 4.78 is 7.29. The van der Waals surface area contributed by atoms with Crippen molar-refractivity contribution in [2.45, 2.75) is 33.7 Å². The van der Waals surface area contributed by atoms with Crippen LogP contribution in [0.15, 0.2) is 54.7 Å². The highest BCUT2D eigenvalue weighted by atomic mass is 16.5. The van der Waals surface area contributed by atoms with Gasteiger partial charge in [-0.1, -0.05) is 43.3 Å². The van der Waals surface area contributed by atoms with E-state index in [1.807, 2.05) is 73.9 Å². The molecule has 2 amide bonds. The van der Waals surface area contributed by atoms with Crippen molar-refractivity contribution >= 4 is 34.4 Å². The number of anilines is 1. The van der Waals surface area contributed by atoms with Crippen molar-refractivity contribution in [3.63, 3.8) is 0 Å². The number of nitrogens with zero attached hydrogens (tertiary/aromatic N) is 2. The van der Waals surface area contributed by atoms with E-state index in [1.165, 1.54) is 4.90 Å². The Balaban J connectivity index is 1.63. The summed E-state index contributed by atoms with van der Waals surface area (Å²) in [6.07, 6.45) is 2.43. The molecule has 7 nitrogen and oxygen atoms in total. The van der Waals surface area contributed by atoms with Gasteiger partial charge in [0.1, 0.15) is 0 Å². The Labute approximate surface area is 188 Å². The summed E-state index contributed by atoms with van der Waals surface area (Å²) in [6.45, 7) is 6.41. The Hall–Kier alpha value is -3.61. The zero-order valence-corrected chi connectivity index (χ0v) is 18.8. The van der Waals surface area contributed by atoms with Crippen LogP contribution >= 0.6 is 0 Å². The molecule has 0 aliphatic rings. The minimum atomic E-state index is -0.553. The van der Waals surface area contributed by atoms with Gasteiger partial charge in [-0.25, -0.2) is 4.79 Å². The Morgan fingerprint density at radius 1 is 1.03 bits per heavy atom. The summed E-state index contributed by atoms with van der Waals surface area (Å²) in [6, 6.07) is 15.0. The van der Waals surface area contributed by atoms with Crippen LogP contribution in [0.5, 0.6) is 0 Å². The van der Waals surface area contributed by atoms with E-state index in [2.05, 4.69) is 5.32 Å². The lowest BCUT2D eigenvalue weighted by Gasteiger charge is -2.21. The SMILES string of the molecule is CCCN(CC(=O)Nc1ccccc1C)C(=O)COC(=O)c1cn(CC)c2ccccc12. The number of benzene rings is 2. The molecule has 0 aliphatic carbocycles. The number of ether oxygens (including phenoxy) is 1. The van der Waals surface area contributed by atoms with Crippen molar-refractivity contribution in [2.75, 3.05) is 25.0 Å². The Morgan fingerprint density at radius 2 is 1.75 bits per heavy atom. The highest BCUT2D eigenvalue weighted by Crippen LogP contribution is 2.22. The van der Waals surface area contributed by atoms with Gasteiger partial charge < -0.3 is 19.5 Å². The number of esters is 1. The van der Waals surface area contributed by atoms with Gasteiger partial charge in [0, 0.05) is 35.9 Å². The van der Waals surface area contributed by atoms with Gasteiger partial charge in [0.25, 0.3) is 5.91 Å². The van der Waals surface area contributed by atoms with Gasteiger partial charge in [-0.3, -0.25) is 9.59 Å². The largest absolute Gasteiger partial charge is 0.452 e. The average Bonchev–Trinajstić information content (AvgIpc) is 3.17. The molecule has 32 heavy (non-hydrogen) atoms. The number of carbonyl (C=O) groups excluding carboxylic acids is 3. The van der Waals surface area contributed by atoms with Crippen molar-refractivity contribution in [1.29, 1.82) is 0 Å². The third-order valence-corrected chi connectivity index (χ3v) is 5.28. The summed E-state index contributed by atoms with van der Waals surface area (Å²) >= 11 is 0. The molecule has 0 fully saturated rings. The summed E-state index contributed by atoms with van der Waals surface area (Å²) in [5, 5.41) is 3.62. The van der Waals surface area contributed by atoms with Gasteiger partial charge in [-0.05, 0) is 38.0 Å². The first-order chi connectivity index (χ1) is 15.4. The topological polar surface area (TPSA) is 80.6 Å². The van der Waals surface area contributed by atoms with Gasteiger partial charge in [0.15, 0.2) is 6.61 Å². The van der Waals surface area contributed by atoms with Gasteiger partial charge in [-0.15, -0.1) is 0 Å². The standard InChI is InChI=1S/C25H29N3O4/c1-4-14-28(16-23(29)26-21-12-8-6-10-18(21)3)24(30)17-32-25(31)20-15-27(5-2)22-13-9-7-11-19(20)22/h6-13,15H,4-5,14,16-17H2,1-3H3,(H,26,29). The fraction of sp³-hybridized carbons (Fsp3) is 0.320. The number of amides is 2. The first kappa shape index (κ1) is 23.1. The van der Waals surface area contributed by atoms with E-state index in [9.17, 15) is 14.4 Å². The third kappa shape index (κ3) is 5.35. The summed E-state index contributed by atoms with van der Waals surface area (Å²) in [5.74, 6) is -1.25. The molecule has 1 heterocycles. The normalized spacial score (nSPS) is 10.7. The third-order valence-electron chi connectivity index (χ3n) is 5.28. The predicted octanol–water partition coefficient (Wildman–Crippen LogP) is 4.00. The van der Waals surface area contributed by atoms with Crippen molar-refractivity contribution in [2.24, 2.45) is 0 Å². The fourth-order valence-electron chi connectivity index (χ4n) is 3.61. The number of hydrogen-bond donors (Lipinski definition) is 1. The molecule has 0 saturated carbocycles. The second-order valence-corrected chi connectivity index (χ2v) is 7.60. The van der Waals surface area contributed by atoms with Crippen molar-refractivity contribution in [1.82, 2.24) is 9.47 Å². The Morgan fingerprint density at radius 3 is 2.47 bits per heavy atom. The van der Waals surface area contributed by atoms with Crippen LogP contribution in [-0.2, 0) is 20.9 Å². The average molecular weight is 436 g/mol. The Kier molecular flexibility index (Phi) is 7.65. The monoisotopic (exact) mass is 435 g/mol. The number of fused-ring (bicyclic) bond motifs is 1. The van der Waals surface area contributed by atoms with Crippen LogP contribution in [0.3, 0.4) is 0 Å². The van der Waals surface area contributed by atoms with Crippen LogP contribution in [-0.4, -0.2) is 46.9 Å². The van der Waals surface area contributed by atoms with E-state index < -0.39 is 18.5 Å². The van der Waals surface area contributed by atoms with Crippen LogP contribution in [0, 0.1) is 6.92 Å². The van der Waals surface area contributed by atoms with Crippen LogP contribution in [0.25, 0.3) is 10.9 Å². The van der Waals surface area contributed by atoms with Gasteiger partial charge in [0.2, 0.25) is 5.91 Å². The van der Waals surface area contributed by atoms with Crippen LogP contribution in [0.4, 0.5) is 5.69 Å². The molecule has 168 valence electrons. The van der Waals surface area contributed by atoms with E-state index >= 15 is 0 Å². The van der Waals surface area contributed by atoms with E-state index in [0.717, 1.165) is 16.5 Å². The number of hydrogen-bond acceptors (Lipinski definition) is 4. The molecule has 0 bridgehead atoms. The van der Waals surface area contributed by atoms with Crippen LogP contribution < -0.4 is 5.32 Å². The zero-order valence-electron chi connectivity index (χ0n) is 18.8. The minimum Gasteiger partial charge on any atom is -0.452 e. The Bertz CT molecular complexity index is 1120. The second kappa shape index (κ2) is 10.6. The number of aryl methyl sites for hydroxylation is 2. The molecule has 2 aromatic carbocycles. The summed E-state index contributed by atoms with van der Waals surface area (Å²) in [4.78, 5) is 39.3. The molecule has 0 atom stereocenters. The smallest absolute Gasteiger partial charge is 0.340 e. The highest BCUT2D eigenvalue weighted by molar-refractivity contribution is 6.05. The summed E-state index contributed by atoms with van der Waals surface area (Å²) in [5.41, 5.74) is 3.01. The lowest BCUT2D eigenvalue weighted by molar-refractivity contribution is -0.137. The second-order valence-electron chi connectivity index (χ2n) is 7.60. The maximum absolute atomic E-state index is 12.7. The van der Waals surface area contributed by atoms with E-state index in [4.69, 9.17) is 4.74 Å². The van der Waals surface area contributed by atoms with Gasteiger partial charge >= 0.3 is 5.97 Å². The molecule has 3 rings (SSSR count). The van der Waals surface area contributed by atoms with Crippen molar-refractivity contribution in [3.8, 4) is 0 Å². The molecule has 1 aromatic heterocycles. The van der Waals surface area contributed by atoms with Crippen molar-refractivity contribution in [3.05, 3.63) is 65.9 Å². The molecule has 3 aromatic rings. The maximum atomic E-state index is 12.7. The molecule has 1 N–H and O–H groups in total. The molecule has 0 radical (unpaired) electrons. The quantitative estimate of drug-likeness (QED) is 0.515. The van der Waals surface area contributed by atoms with Gasteiger partial charge in [0.05, 0.1) is 12.1 Å². The number of rotatable bonds is 9. The highest BCUT2D eigenvalue weighted by Gasteiger charge is 2.21. The number of para-hydroxylation sites is 2. The number of aromatic nitrogens is 1. The first-order valence-corrected chi connectivity index (χ1v) is 10.8. The first-order valence-electron chi connectivity index (χ1n) is 10.8. The zero-order chi connectivity index (χ0) is 23.1. The molecule has 0 aliphatic heterocycles. The van der Waals surface area contributed by atoms with Gasteiger partial charge in [-0.2, -0.15) is 0 Å². The van der Waals surface area contributed by atoms with Crippen LogP contribution in [0.1, 0.15) is 36.2 Å². The molecular formula is C25H29N3O4. The summed E-state index contributed by atoms with van der Waals surface area (Å²) in [7, 11) is 0. The molecule has 0 unspecified atom stereocenters. The van der Waals surface area contributed by atoms with Crippen LogP contribution in [0.2, 0.25) is 0 Å². The molecule has 0 saturated heterocycles. The lowest BCUT2D eigenvalue weighted by Crippen LogP contribution is -2.40. The van der Waals surface area contributed by atoms with E-state index in [-0.39, 0.29) is 12.5 Å². The molecule has 0 spiro atoms.